The van der Waals surface area contributed by atoms with E-state index in [0.717, 1.165) is 5.56 Å². The minimum absolute atomic E-state index is 0.0739. The predicted molar refractivity (Wildman–Crippen MR) is 61.4 cm³/mol. The first-order valence-electron chi connectivity index (χ1n) is 4.50. The topological polar surface area (TPSA) is 9.23 Å². The molecule has 0 fully saturated rings. The van der Waals surface area contributed by atoms with Gasteiger partial charge in [0, 0.05) is 5.88 Å². The van der Waals surface area contributed by atoms with Gasteiger partial charge in [-0.15, -0.1) is 11.6 Å². The Morgan fingerprint density at radius 3 is 2.71 bits per heavy atom. The summed E-state index contributed by atoms with van der Waals surface area (Å²) in [5.74, 6) is 1.27. The lowest BCUT2D eigenvalue weighted by Crippen LogP contribution is -1.97. The van der Waals surface area contributed by atoms with Gasteiger partial charge in [-0.25, -0.2) is 0 Å². The predicted octanol–water partition coefficient (Wildman–Crippen LogP) is 3.90. The third kappa shape index (κ3) is 2.79. The molecule has 77 valence electrons. The number of hydrogen-bond donors (Lipinski definition) is 0. The summed E-state index contributed by atoms with van der Waals surface area (Å²) in [6.07, 6.45) is 0. The van der Waals surface area contributed by atoms with E-state index in [1.54, 1.807) is 0 Å². The van der Waals surface area contributed by atoms with Crippen molar-refractivity contribution in [3.05, 3.63) is 35.7 Å². The van der Waals surface area contributed by atoms with E-state index in [2.05, 4.69) is 6.92 Å². The van der Waals surface area contributed by atoms with Crippen LogP contribution in [0.5, 0.6) is 5.75 Å². The van der Waals surface area contributed by atoms with Crippen LogP contribution in [0.4, 0.5) is 0 Å². The second-order valence-electron chi connectivity index (χ2n) is 2.97. The minimum Gasteiger partial charge on any atom is -0.492 e. The number of ether oxygens (including phenoxy) is 1. The summed E-state index contributed by atoms with van der Waals surface area (Å²) in [7, 11) is 0. The van der Waals surface area contributed by atoms with Crippen LogP contribution in [0.2, 0.25) is 5.02 Å². The largest absolute Gasteiger partial charge is 0.492 e. The standard InChI is InChI=1S/C11H13Cl2O/c1-3-14-11-5-4-9(6-10(11)13)8(2)7-12/h4-6,8H,2-3,7H2,1H3. The van der Waals surface area contributed by atoms with Crippen molar-refractivity contribution in [2.24, 2.45) is 0 Å². The molecule has 1 nitrogen and oxygen atoms in total. The molecule has 0 aromatic heterocycles. The third-order valence-electron chi connectivity index (χ3n) is 1.91. The molecule has 1 radical (unpaired) electrons. The van der Waals surface area contributed by atoms with Crippen LogP contribution >= 0.6 is 23.2 Å². The Morgan fingerprint density at radius 2 is 2.21 bits per heavy atom. The molecule has 1 aromatic rings. The molecule has 0 aliphatic rings. The Morgan fingerprint density at radius 1 is 1.50 bits per heavy atom. The van der Waals surface area contributed by atoms with Crippen LogP contribution < -0.4 is 4.74 Å². The lowest BCUT2D eigenvalue weighted by Gasteiger charge is -2.10. The average molecular weight is 232 g/mol. The van der Waals surface area contributed by atoms with Crippen LogP contribution in [0.1, 0.15) is 18.4 Å². The lowest BCUT2D eigenvalue weighted by atomic mass is 10.0. The molecular formula is C11H13Cl2O. The molecule has 14 heavy (non-hydrogen) atoms. The van der Waals surface area contributed by atoms with Gasteiger partial charge in [0.05, 0.1) is 11.6 Å². The van der Waals surface area contributed by atoms with Crippen molar-refractivity contribution in [2.45, 2.75) is 12.8 Å². The van der Waals surface area contributed by atoms with Crippen molar-refractivity contribution in [1.29, 1.82) is 0 Å². The Balaban J connectivity index is 2.88. The van der Waals surface area contributed by atoms with Gasteiger partial charge >= 0.3 is 0 Å². The average Bonchev–Trinajstić information content (AvgIpc) is 2.20. The Bertz CT molecular complexity index is 299. The van der Waals surface area contributed by atoms with Crippen molar-refractivity contribution >= 4 is 23.2 Å². The fraction of sp³-hybridized carbons (Fsp3) is 0.364. The summed E-state index contributed by atoms with van der Waals surface area (Å²) in [4.78, 5) is 0. The minimum atomic E-state index is 0.0739. The van der Waals surface area contributed by atoms with Gasteiger partial charge in [0.2, 0.25) is 0 Å². The van der Waals surface area contributed by atoms with Crippen LogP contribution in [-0.2, 0) is 0 Å². The molecule has 0 N–H and O–H groups in total. The van der Waals surface area contributed by atoms with E-state index >= 15 is 0 Å². The highest BCUT2D eigenvalue weighted by molar-refractivity contribution is 6.32. The SMILES string of the molecule is [CH2]C(CCl)c1ccc(OCC)c(Cl)c1. The maximum Gasteiger partial charge on any atom is 0.137 e. The van der Waals surface area contributed by atoms with Gasteiger partial charge in [0.15, 0.2) is 0 Å². The highest BCUT2D eigenvalue weighted by Gasteiger charge is 2.07. The van der Waals surface area contributed by atoms with Crippen LogP contribution in [0.3, 0.4) is 0 Å². The van der Waals surface area contributed by atoms with E-state index < -0.39 is 0 Å². The van der Waals surface area contributed by atoms with Crippen molar-refractivity contribution in [1.82, 2.24) is 0 Å². The van der Waals surface area contributed by atoms with E-state index in [1.807, 2.05) is 25.1 Å². The van der Waals surface area contributed by atoms with E-state index in [9.17, 15) is 0 Å². The van der Waals surface area contributed by atoms with Gasteiger partial charge in [-0.05, 0) is 37.5 Å². The van der Waals surface area contributed by atoms with Crippen molar-refractivity contribution in [2.75, 3.05) is 12.5 Å². The van der Waals surface area contributed by atoms with E-state index in [4.69, 9.17) is 27.9 Å². The monoisotopic (exact) mass is 231 g/mol. The lowest BCUT2D eigenvalue weighted by molar-refractivity contribution is 0.340. The smallest absolute Gasteiger partial charge is 0.137 e. The Hall–Kier alpha value is -0.400. The summed E-state index contributed by atoms with van der Waals surface area (Å²) in [6.45, 7) is 6.45. The molecule has 0 saturated carbocycles. The van der Waals surface area contributed by atoms with Crippen LogP contribution in [0.25, 0.3) is 0 Å². The zero-order valence-corrected chi connectivity index (χ0v) is 9.61. The molecule has 0 bridgehead atoms. The number of rotatable bonds is 4. The second kappa shape index (κ2) is 5.47. The van der Waals surface area contributed by atoms with Gasteiger partial charge in [-0.2, -0.15) is 0 Å². The van der Waals surface area contributed by atoms with Gasteiger partial charge in [-0.3, -0.25) is 0 Å². The van der Waals surface area contributed by atoms with Crippen molar-refractivity contribution in [3.63, 3.8) is 0 Å². The quantitative estimate of drug-likeness (QED) is 0.715. The summed E-state index contributed by atoms with van der Waals surface area (Å²) in [5.41, 5.74) is 1.04. The van der Waals surface area contributed by atoms with Crippen molar-refractivity contribution < 1.29 is 4.74 Å². The fourth-order valence-corrected chi connectivity index (χ4v) is 1.55. The molecule has 0 aliphatic heterocycles. The van der Waals surface area contributed by atoms with Crippen LogP contribution in [0, 0.1) is 6.92 Å². The summed E-state index contributed by atoms with van der Waals surface area (Å²) >= 11 is 11.7. The van der Waals surface area contributed by atoms with Gasteiger partial charge < -0.3 is 4.74 Å². The summed E-state index contributed by atoms with van der Waals surface area (Å²) in [6, 6.07) is 5.65. The fourth-order valence-electron chi connectivity index (χ4n) is 1.13. The van der Waals surface area contributed by atoms with E-state index in [-0.39, 0.29) is 5.92 Å². The highest BCUT2D eigenvalue weighted by atomic mass is 35.5. The third-order valence-corrected chi connectivity index (χ3v) is 2.58. The molecule has 0 saturated heterocycles. The van der Waals surface area contributed by atoms with Crippen LogP contribution in [-0.4, -0.2) is 12.5 Å². The molecule has 1 aromatic carbocycles. The van der Waals surface area contributed by atoms with E-state index in [1.165, 1.54) is 0 Å². The van der Waals surface area contributed by atoms with Gasteiger partial charge in [-0.1, -0.05) is 17.7 Å². The summed E-state index contributed by atoms with van der Waals surface area (Å²) < 4.78 is 5.32. The zero-order chi connectivity index (χ0) is 10.6. The molecule has 1 atom stereocenters. The molecule has 1 rings (SSSR count). The molecule has 0 amide bonds. The van der Waals surface area contributed by atoms with Gasteiger partial charge in [0.1, 0.15) is 5.75 Å². The second-order valence-corrected chi connectivity index (χ2v) is 3.69. The zero-order valence-electron chi connectivity index (χ0n) is 8.09. The van der Waals surface area contributed by atoms with E-state index in [0.29, 0.717) is 23.3 Å². The number of alkyl halides is 1. The number of halogens is 2. The Labute approximate surface area is 95.0 Å². The van der Waals surface area contributed by atoms with Crippen molar-refractivity contribution in [3.8, 4) is 5.75 Å². The molecular weight excluding hydrogens is 219 g/mol. The van der Waals surface area contributed by atoms with Crippen LogP contribution in [0.15, 0.2) is 18.2 Å². The molecule has 0 spiro atoms. The number of benzene rings is 1. The first kappa shape index (κ1) is 11.7. The molecule has 1 unspecified atom stereocenters. The maximum atomic E-state index is 6.01. The molecule has 0 aliphatic carbocycles. The molecule has 0 heterocycles. The normalized spacial score (nSPS) is 12.6. The molecule has 3 heteroatoms. The first-order chi connectivity index (χ1) is 6.69. The maximum absolute atomic E-state index is 6.01. The Kier molecular flexibility index (Phi) is 4.56. The summed E-state index contributed by atoms with van der Waals surface area (Å²) in [5, 5.41) is 0.614. The highest BCUT2D eigenvalue weighted by Crippen LogP contribution is 2.28. The number of hydrogen-bond acceptors (Lipinski definition) is 1. The first-order valence-corrected chi connectivity index (χ1v) is 5.41. The van der Waals surface area contributed by atoms with Gasteiger partial charge in [0.25, 0.3) is 0 Å².